The normalized spacial score (nSPS) is 22.6. The molecule has 4 heterocycles. The highest BCUT2D eigenvalue weighted by Crippen LogP contribution is 2.47. The lowest BCUT2D eigenvalue weighted by atomic mass is 10.3. The van der Waals surface area contributed by atoms with Crippen molar-refractivity contribution < 1.29 is 14.6 Å². The van der Waals surface area contributed by atoms with Crippen molar-refractivity contribution in [2.45, 2.75) is 6.04 Å². The van der Waals surface area contributed by atoms with Crippen molar-refractivity contribution >= 4 is 52.1 Å². The molecule has 1 saturated carbocycles. The molecule has 11 heteroatoms. The fourth-order valence-electron chi connectivity index (χ4n) is 3.93. The molecule has 0 spiro atoms. The summed E-state index contributed by atoms with van der Waals surface area (Å²) in [7, 11) is 0. The highest BCUT2D eigenvalue weighted by molar-refractivity contribution is 6.38. The van der Waals surface area contributed by atoms with Crippen molar-refractivity contribution in [1.82, 2.24) is 19.9 Å². The van der Waals surface area contributed by atoms with Crippen LogP contribution in [0.1, 0.15) is 16.1 Å². The second-order valence-corrected chi connectivity index (χ2v) is 7.96. The summed E-state index contributed by atoms with van der Waals surface area (Å²) in [6.45, 7) is 1.55. The molecule has 1 saturated heterocycles. The van der Waals surface area contributed by atoms with Crippen LogP contribution in [-0.2, 0) is 0 Å². The second-order valence-electron chi connectivity index (χ2n) is 7.33. The summed E-state index contributed by atoms with van der Waals surface area (Å²) in [5.41, 5.74) is 8.51. The van der Waals surface area contributed by atoms with Crippen LogP contribution in [0.4, 0.5) is 5.82 Å². The largest absolute Gasteiger partial charge is 0.478 e. The zero-order valence-corrected chi connectivity index (χ0v) is 16.9. The van der Waals surface area contributed by atoms with Crippen LogP contribution in [0.25, 0.3) is 17.1 Å². The van der Waals surface area contributed by atoms with E-state index in [-0.39, 0.29) is 23.4 Å². The van der Waals surface area contributed by atoms with Gasteiger partial charge in [0, 0.05) is 30.9 Å². The van der Waals surface area contributed by atoms with Crippen LogP contribution in [0, 0.1) is 11.8 Å². The molecular formula is C19H16Cl2N6O3. The van der Waals surface area contributed by atoms with Crippen LogP contribution in [0.5, 0.6) is 11.8 Å². The maximum atomic E-state index is 11.2. The molecule has 9 nitrogen and oxygen atoms in total. The van der Waals surface area contributed by atoms with E-state index in [0.29, 0.717) is 39.4 Å². The Labute approximate surface area is 180 Å². The van der Waals surface area contributed by atoms with Gasteiger partial charge in [-0.15, -0.1) is 0 Å². The van der Waals surface area contributed by atoms with E-state index in [4.69, 9.17) is 38.8 Å². The summed E-state index contributed by atoms with van der Waals surface area (Å²) in [5, 5.41) is 10.3. The minimum atomic E-state index is -1.11. The molecule has 0 aromatic carbocycles. The molecule has 0 bridgehead atoms. The maximum Gasteiger partial charge on any atom is 0.337 e. The molecule has 30 heavy (non-hydrogen) atoms. The average molecular weight is 447 g/mol. The Morgan fingerprint density at radius 2 is 2.10 bits per heavy atom. The van der Waals surface area contributed by atoms with Crippen LogP contribution < -0.4 is 15.4 Å². The van der Waals surface area contributed by atoms with Crippen LogP contribution >= 0.6 is 23.2 Å². The van der Waals surface area contributed by atoms with E-state index >= 15 is 0 Å². The smallest absolute Gasteiger partial charge is 0.337 e. The number of aromatic amines is 1. The van der Waals surface area contributed by atoms with Gasteiger partial charge in [0.2, 0.25) is 0 Å². The van der Waals surface area contributed by atoms with Crippen LogP contribution in [0.3, 0.4) is 0 Å². The number of carboxylic acid groups (broad SMARTS) is 1. The number of aromatic carboxylic acids is 1. The summed E-state index contributed by atoms with van der Waals surface area (Å²) < 4.78 is 5.74. The van der Waals surface area contributed by atoms with E-state index in [1.54, 1.807) is 6.08 Å². The van der Waals surface area contributed by atoms with Crippen LogP contribution in [0.15, 0.2) is 24.0 Å². The molecule has 2 aliphatic rings. The van der Waals surface area contributed by atoms with Gasteiger partial charge >= 0.3 is 12.0 Å². The van der Waals surface area contributed by atoms with E-state index in [1.165, 1.54) is 24.0 Å². The van der Waals surface area contributed by atoms with Gasteiger partial charge in [-0.1, -0.05) is 23.2 Å². The first-order chi connectivity index (χ1) is 14.5. The number of aromatic nitrogens is 4. The third kappa shape index (κ3) is 3.15. The summed E-state index contributed by atoms with van der Waals surface area (Å²) in [5.74, 6) is 0.620. The number of halogens is 2. The number of fused-ring (bicyclic) bond motifs is 2. The third-order valence-electron chi connectivity index (χ3n) is 5.54. The summed E-state index contributed by atoms with van der Waals surface area (Å²) in [4.78, 5) is 29.3. The number of carboxylic acids is 1. The predicted octanol–water partition coefficient (Wildman–Crippen LogP) is 3.10. The summed E-state index contributed by atoms with van der Waals surface area (Å²) in [6.07, 6.45) is 4.26. The Kier molecular flexibility index (Phi) is 4.53. The number of nitrogens with one attached hydrogen (secondary N) is 1. The van der Waals surface area contributed by atoms with Crippen molar-refractivity contribution in [3.63, 3.8) is 0 Å². The number of pyridine rings is 1. The molecule has 2 atom stereocenters. The SMILES string of the molecule is NC1C2CN(c3nc(Oc4cncc(C(=O)O)c4)nc4[nH]c(C=CCl)c(Cl)c34)CC12. The minimum Gasteiger partial charge on any atom is -0.478 e. The Hall–Kier alpha value is -2.88. The number of nitrogens with two attached hydrogens (primary N) is 1. The number of nitrogens with zero attached hydrogens (tertiary/aromatic N) is 4. The number of rotatable bonds is 5. The highest BCUT2D eigenvalue weighted by atomic mass is 35.5. The third-order valence-corrected chi connectivity index (χ3v) is 6.06. The van der Waals surface area contributed by atoms with E-state index in [0.717, 1.165) is 13.1 Å². The van der Waals surface area contributed by atoms with Gasteiger partial charge in [0.1, 0.15) is 17.2 Å². The zero-order chi connectivity index (χ0) is 21.0. The van der Waals surface area contributed by atoms with Crippen molar-refractivity contribution in [1.29, 1.82) is 0 Å². The molecule has 0 radical (unpaired) electrons. The number of hydrogen-bond acceptors (Lipinski definition) is 7. The number of H-pyrrole nitrogens is 1. The summed E-state index contributed by atoms with van der Waals surface area (Å²) in [6, 6.07) is 1.64. The standard InChI is InChI=1S/C19H16Cl2N6O3/c20-2-1-12-14(21)13-16(24-12)25-19(30-9-3-8(18(28)29)4-23-5-9)26-17(13)27-6-10-11(7-27)15(10)22/h1-5,10-11,15H,6-7,22H2,(H,28,29)(H,24,25,26). The average Bonchev–Trinajstić information content (AvgIpc) is 3.07. The van der Waals surface area contributed by atoms with E-state index < -0.39 is 5.97 Å². The van der Waals surface area contributed by atoms with Gasteiger partial charge in [0.15, 0.2) is 0 Å². The quantitative estimate of drug-likeness (QED) is 0.544. The highest BCUT2D eigenvalue weighted by Gasteiger charge is 2.54. The van der Waals surface area contributed by atoms with Crippen molar-refractivity contribution in [3.05, 3.63) is 40.3 Å². The molecule has 2 fully saturated rings. The molecule has 3 aromatic heterocycles. The number of carbonyl (C=O) groups is 1. The van der Waals surface area contributed by atoms with E-state index in [9.17, 15) is 4.79 Å². The van der Waals surface area contributed by atoms with Gasteiger partial charge in [0.25, 0.3) is 0 Å². The molecule has 3 aromatic rings. The van der Waals surface area contributed by atoms with Crippen LogP contribution in [0.2, 0.25) is 5.02 Å². The van der Waals surface area contributed by atoms with Gasteiger partial charge < -0.3 is 25.5 Å². The lowest BCUT2D eigenvalue weighted by Gasteiger charge is -2.21. The van der Waals surface area contributed by atoms with Crippen molar-refractivity contribution in [2.75, 3.05) is 18.0 Å². The minimum absolute atomic E-state index is 0.000117. The monoisotopic (exact) mass is 446 g/mol. The molecule has 5 rings (SSSR count). The zero-order valence-electron chi connectivity index (χ0n) is 15.4. The fourth-order valence-corrected chi connectivity index (χ4v) is 4.34. The Bertz CT molecular complexity index is 1180. The van der Waals surface area contributed by atoms with E-state index in [1.807, 2.05) is 0 Å². The van der Waals surface area contributed by atoms with Crippen molar-refractivity contribution in [3.8, 4) is 11.8 Å². The molecule has 0 amide bonds. The van der Waals surface area contributed by atoms with E-state index in [2.05, 4.69) is 24.8 Å². The van der Waals surface area contributed by atoms with Gasteiger partial charge in [-0.05, 0) is 24.0 Å². The molecule has 1 aliphatic heterocycles. The number of hydrogen-bond donors (Lipinski definition) is 3. The number of ether oxygens (including phenoxy) is 1. The van der Waals surface area contributed by atoms with Gasteiger partial charge in [-0.3, -0.25) is 4.98 Å². The molecule has 4 N–H and O–H groups in total. The lowest BCUT2D eigenvalue weighted by Crippen LogP contribution is -2.29. The molecule has 2 unspecified atom stereocenters. The fraction of sp³-hybridized carbons (Fsp3) is 0.263. The Morgan fingerprint density at radius 1 is 1.33 bits per heavy atom. The topological polar surface area (TPSA) is 130 Å². The summed E-state index contributed by atoms with van der Waals surface area (Å²) >= 11 is 12.3. The predicted molar refractivity (Wildman–Crippen MR) is 112 cm³/mol. The molecule has 1 aliphatic carbocycles. The second kappa shape index (κ2) is 7.12. The first-order valence-corrected chi connectivity index (χ1v) is 10.0. The van der Waals surface area contributed by atoms with Gasteiger partial charge in [-0.2, -0.15) is 9.97 Å². The first-order valence-electron chi connectivity index (χ1n) is 9.19. The molecule has 154 valence electrons. The first kappa shape index (κ1) is 19.1. The van der Waals surface area contributed by atoms with Gasteiger partial charge in [-0.25, -0.2) is 4.79 Å². The number of piperidine rings is 1. The van der Waals surface area contributed by atoms with Gasteiger partial charge in [0.05, 0.1) is 27.9 Å². The van der Waals surface area contributed by atoms with Crippen molar-refractivity contribution in [2.24, 2.45) is 17.6 Å². The number of anilines is 1. The van der Waals surface area contributed by atoms with Crippen LogP contribution in [-0.4, -0.2) is 50.1 Å². The maximum absolute atomic E-state index is 11.2. The Morgan fingerprint density at radius 3 is 2.80 bits per heavy atom. The Balaban J connectivity index is 1.57. The lowest BCUT2D eigenvalue weighted by molar-refractivity contribution is 0.0696. The molecular weight excluding hydrogens is 431 g/mol.